The minimum atomic E-state index is -0.631. The molecule has 1 heterocycles. The average Bonchev–Trinajstić information content (AvgIpc) is 2.65. The number of anilines is 1. The average molecular weight is 363 g/mol. The fourth-order valence-electron chi connectivity index (χ4n) is 2.60. The van der Waals surface area contributed by atoms with E-state index in [1.807, 2.05) is 26.0 Å². The quantitative estimate of drug-likeness (QED) is 0.652. The second kappa shape index (κ2) is 10.1. The van der Waals surface area contributed by atoms with Crippen LogP contribution in [0.15, 0.2) is 24.3 Å². The third-order valence-corrected chi connectivity index (χ3v) is 4.30. The van der Waals surface area contributed by atoms with Gasteiger partial charge in [0.25, 0.3) is 0 Å². The first-order valence-corrected chi connectivity index (χ1v) is 9.14. The van der Waals surface area contributed by atoms with Crippen LogP contribution in [0.1, 0.15) is 33.1 Å². The van der Waals surface area contributed by atoms with Crippen molar-refractivity contribution in [2.24, 2.45) is 11.7 Å². The molecule has 0 aliphatic carbocycles. The second-order valence-corrected chi connectivity index (χ2v) is 6.83. The van der Waals surface area contributed by atoms with Crippen molar-refractivity contribution in [2.45, 2.75) is 45.3 Å². The molecular formula is C19H29N3O4. The third kappa shape index (κ3) is 6.31. The van der Waals surface area contributed by atoms with Crippen LogP contribution >= 0.6 is 0 Å². The van der Waals surface area contributed by atoms with Gasteiger partial charge in [0.1, 0.15) is 12.4 Å². The summed E-state index contributed by atoms with van der Waals surface area (Å²) >= 11 is 0. The molecule has 1 saturated heterocycles. The molecule has 1 aliphatic rings. The highest BCUT2D eigenvalue weighted by Gasteiger charge is 2.18. The second-order valence-electron chi connectivity index (χ2n) is 6.83. The van der Waals surface area contributed by atoms with Gasteiger partial charge in [0.15, 0.2) is 0 Å². The van der Waals surface area contributed by atoms with E-state index in [0.29, 0.717) is 18.0 Å². The first kappa shape index (κ1) is 20.2. The summed E-state index contributed by atoms with van der Waals surface area (Å²) in [5.41, 5.74) is 6.32. The van der Waals surface area contributed by atoms with Gasteiger partial charge in [-0.25, -0.2) is 0 Å². The van der Waals surface area contributed by atoms with Crippen molar-refractivity contribution in [3.8, 4) is 5.75 Å². The van der Waals surface area contributed by atoms with E-state index < -0.39 is 6.04 Å². The van der Waals surface area contributed by atoms with Gasteiger partial charge in [0.05, 0.1) is 24.4 Å². The van der Waals surface area contributed by atoms with Crippen LogP contribution in [-0.4, -0.2) is 43.7 Å². The summed E-state index contributed by atoms with van der Waals surface area (Å²) in [5, 5.41) is 5.31. The number of amides is 2. The van der Waals surface area contributed by atoms with Crippen molar-refractivity contribution in [3.05, 3.63) is 24.3 Å². The van der Waals surface area contributed by atoms with Crippen molar-refractivity contribution in [3.63, 3.8) is 0 Å². The maximum Gasteiger partial charge on any atom is 0.243 e. The van der Waals surface area contributed by atoms with Gasteiger partial charge in [0, 0.05) is 6.61 Å². The molecule has 7 nitrogen and oxygen atoms in total. The van der Waals surface area contributed by atoms with Gasteiger partial charge in [-0.05, 0) is 37.3 Å². The summed E-state index contributed by atoms with van der Waals surface area (Å²) in [4.78, 5) is 24.0. The van der Waals surface area contributed by atoms with E-state index in [9.17, 15) is 9.59 Å². The number of rotatable bonds is 8. The maximum absolute atomic E-state index is 12.1. The van der Waals surface area contributed by atoms with Gasteiger partial charge in [-0.3, -0.25) is 9.59 Å². The van der Waals surface area contributed by atoms with E-state index >= 15 is 0 Å². The number of ether oxygens (including phenoxy) is 2. The summed E-state index contributed by atoms with van der Waals surface area (Å²) in [6.07, 6.45) is 3.31. The van der Waals surface area contributed by atoms with Crippen molar-refractivity contribution < 1.29 is 19.1 Å². The normalized spacial score (nSPS) is 18.2. The number of hydrogen-bond acceptors (Lipinski definition) is 5. The Labute approximate surface area is 154 Å². The van der Waals surface area contributed by atoms with Crippen LogP contribution in [0.2, 0.25) is 0 Å². The Kier molecular flexibility index (Phi) is 7.87. The molecule has 26 heavy (non-hydrogen) atoms. The zero-order chi connectivity index (χ0) is 18.9. The minimum Gasteiger partial charge on any atom is -0.489 e. The number of carbonyl (C=O) groups is 2. The molecule has 0 spiro atoms. The van der Waals surface area contributed by atoms with Crippen LogP contribution in [0.25, 0.3) is 0 Å². The highest BCUT2D eigenvalue weighted by atomic mass is 16.5. The van der Waals surface area contributed by atoms with Crippen LogP contribution < -0.4 is 21.1 Å². The lowest BCUT2D eigenvalue weighted by Gasteiger charge is -2.23. The van der Waals surface area contributed by atoms with Crippen LogP contribution in [-0.2, 0) is 14.3 Å². The van der Waals surface area contributed by atoms with Crippen LogP contribution in [0.5, 0.6) is 5.75 Å². The van der Waals surface area contributed by atoms with Gasteiger partial charge in [-0.1, -0.05) is 26.0 Å². The van der Waals surface area contributed by atoms with Gasteiger partial charge in [-0.2, -0.15) is 0 Å². The first-order valence-electron chi connectivity index (χ1n) is 9.14. The summed E-state index contributed by atoms with van der Waals surface area (Å²) in [6, 6.07) is 6.58. The predicted octanol–water partition coefficient (Wildman–Crippen LogP) is 1.67. The third-order valence-electron chi connectivity index (χ3n) is 4.30. The number of carbonyl (C=O) groups excluding carboxylic acids is 2. The fraction of sp³-hybridized carbons (Fsp3) is 0.579. The van der Waals surface area contributed by atoms with E-state index in [-0.39, 0.29) is 30.4 Å². The molecule has 1 fully saturated rings. The van der Waals surface area contributed by atoms with Crippen LogP contribution in [0.4, 0.5) is 5.69 Å². The van der Waals surface area contributed by atoms with Gasteiger partial charge in [-0.15, -0.1) is 0 Å². The molecule has 0 bridgehead atoms. The molecular weight excluding hydrogens is 334 g/mol. The Morgan fingerprint density at radius 3 is 2.77 bits per heavy atom. The van der Waals surface area contributed by atoms with Crippen LogP contribution in [0.3, 0.4) is 0 Å². The summed E-state index contributed by atoms with van der Waals surface area (Å²) in [7, 11) is 0. The molecule has 2 atom stereocenters. The summed E-state index contributed by atoms with van der Waals surface area (Å²) in [5.74, 6) is -0.0807. The number of para-hydroxylation sites is 2. The monoisotopic (exact) mass is 363 g/mol. The number of nitrogens with two attached hydrogens (primary N) is 1. The lowest BCUT2D eigenvalue weighted by molar-refractivity contribution is -0.125. The number of nitrogens with one attached hydrogen (secondary N) is 2. The smallest absolute Gasteiger partial charge is 0.243 e. The van der Waals surface area contributed by atoms with E-state index in [1.165, 1.54) is 0 Å². The Morgan fingerprint density at radius 2 is 2.08 bits per heavy atom. The maximum atomic E-state index is 12.1. The minimum absolute atomic E-state index is 0.00851. The lowest BCUT2D eigenvalue weighted by Crippen LogP contribution is -2.46. The molecule has 2 rings (SSSR count). The highest BCUT2D eigenvalue weighted by molar-refractivity contribution is 5.96. The Bertz CT molecular complexity index is 600. The summed E-state index contributed by atoms with van der Waals surface area (Å²) in [6.45, 7) is 4.79. The van der Waals surface area contributed by atoms with Gasteiger partial charge < -0.3 is 25.8 Å². The summed E-state index contributed by atoms with van der Waals surface area (Å²) < 4.78 is 11.5. The molecule has 1 unspecified atom stereocenters. The van der Waals surface area contributed by atoms with E-state index in [2.05, 4.69) is 10.6 Å². The molecule has 1 aliphatic heterocycles. The predicted molar refractivity (Wildman–Crippen MR) is 100.0 cm³/mol. The Balaban J connectivity index is 1.84. The number of benzene rings is 1. The van der Waals surface area contributed by atoms with Gasteiger partial charge in [0.2, 0.25) is 11.8 Å². The van der Waals surface area contributed by atoms with Crippen molar-refractivity contribution in [1.29, 1.82) is 0 Å². The SMILES string of the molecule is CC(C)[C@H](N)C(=O)NCC(=O)Nc1ccccc1OCC1CCCCO1. The standard InChI is InChI=1S/C19H29N3O4/c1-13(2)18(20)19(24)21-11-17(23)22-15-8-3-4-9-16(15)26-12-14-7-5-6-10-25-14/h3-4,8-9,13-14,18H,5-7,10-12,20H2,1-2H3,(H,21,24)(H,22,23)/t14?,18-/m0/s1. The Morgan fingerprint density at radius 1 is 1.31 bits per heavy atom. The first-order chi connectivity index (χ1) is 12.5. The molecule has 7 heteroatoms. The van der Waals surface area contributed by atoms with Crippen LogP contribution in [0, 0.1) is 5.92 Å². The fourth-order valence-corrected chi connectivity index (χ4v) is 2.60. The zero-order valence-electron chi connectivity index (χ0n) is 15.5. The van der Waals surface area contributed by atoms with Crippen molar-refractivity contribution >= 4 is 17.5 Å². The molecule has 4 N–H and O–H groups in total. The molecule has 0 saturated carbocycles. The van der Waals surface area contributed by atoms with E-state index in [1.54, 1.807) is 12.1 Å². The number of hydrogen-bond donors (Lipinski definition) is 3. The van der Waals surface area contributed by atoms with E-state index in [4.69, 9.17) is 15.2 Å². The van der Waals surface area contributed by atoms with E-state index in [0.717, 1.165) is 25.9 Å². The van der Waals surface area contributed by atoms with Crippen molar-refractivity contribution in [2.75, 3.05) is 25.1 Å². The molecule has 0 radical (unpaired) electrons. The molecule has 1 aromatic carbocycles. The topological polar surface area (TPSA) is 103 Å². The largest absolute Gasteiger partial charge is 0.489 e. The molecule has 144 valence electrons. The highest BCUT2D eigenvalue weighted by Crippen LogP contribution is 2.24. The molecule has 0 aromatic heterocycles. The zero-order valence-corrected chi connectivity index (χ0v) is 15.5. The Hall–Kier alpha value is -2.12. The molecule has 2 amide bonds. The van der Waals surface area contributed by atoms with Crippen molar-refractivity contribution in [1.82, 2.24) is 5.32 Å². The molecule has 1 aromatic rings. The lowest BCUT2D eigenvalue weighted by atomic mass is 10.1. The van der Waals surface area contributed by atoms with Gasteiger partial charge >= 0.3 is 0 Å².